The topological polar surface area (TPSA) is 43.1 Å². The van der Waals surface area contributed by atoms with Crippen molar-refractivity contribution in [3.63, 3.8) is 0 Å². The molecule has 0 fully saturated rings. The summed E-state index contributed by atoms with van der Waals surface area (Å²) in [6, 6.07) is 7.28. The molecule has 1 atom stereocenters. The Morgan fingerprint density at radius 1 is 1.33 bits per heavy atom. The maximum absolute atomic E-state index is 12.0. The van der Waals surface area contributed by atoms with Crippen LogP contribution in [-0.2, 0) is 10.8 Å². The van der Waals surface area contributed by atoms with E-state index < -0.39 is 10.8 Å². The molecule has 0 saturated heterocycles. The van der Waals surface area contributed by atoms with Gasteiger partial charge < -0.3 is 5.73 Å². The summed E-state index contributed by atoms with van der Waals surface area (Å²) >= 11 is 5.88. The van der Waals surface area contributed by atoms with Gasteiger partial charge in [0.05, 0.1) is 10.8 Å². The van der Waals surface area contributed by atoms with Crippen LogP contribution in [0.25, 0.3) is 0 Å². The zero-order chi connectivity index (χ0) is 13.6. The summed E-state index contributed by atoms with van der Waals surface area (Å²) in [4.78, 5) is 0.820. The second kappa shape index (κ2) is 7.27. The molecule has 0 aliphatic rings. The molecule has 2 N–H and O–H groups in total. The van der Waals surface area contributed by atoms with Gasteiger partial charge in [-0.25, -0.2) is 0 Å². The summed E-state index contributed by atoms with van der Waals surface area (Å²) in [7, 11) is -0.940. The fraction of sp³-hybridized carbons (Fsp3) is 0.571. The molecule has 1 rings (SSSR count). The van der Waals surface area contributed by atoms with Crippen molar-refractivity contribution in [3.8, 4) is 0 Å². The van der Waals surface area contributed by atoms with Crippen molar-refractivity contribution in [1.29, 1.82) is 0 Å². The lowest BCUT2D eigenvalue weighted by Gasteiger charge is -2.21. The highest BCUT2D eigenvalue weighted by atomic mass is 35.5. The van der Waals surface area contributed by atoms with Gasteiger partial charge in [0.25, 0.3) is 0 Å². The maximum Gasteiger partial charge on any atom is 0.0530 e. The molecule has 0 aromatic heterocycles. The molecule has 2 nitrogen and oxygen atoms in total. The van der Waals surface area contributed by atoms with Crippen molar-refractivity contribution in [2.45, 2.75) is 38.0 Å². The minimum atomic E-state index is -0.940. The van der Waals surface area contributed by atoms with E-state index >= 15 is 0 Å². The van der Waals surface area contributed by atoms with E-state index in [1.807, 2.05) is 12.1 Å². The highest BCUT2D eigenvalue weighted by Gasteiger charge is 2.14. The van der Waals surface area contributed by atoms with E-state index in [0.717, 1.165) is 24.2 Å². The molecular weight excluding hydrogens is 266 g/mol. The van der Waals surface area contributed by atoms with Gasteiger partial charge in [0.2, 0.25) is 0 Å². The molecule has 102 valence electrons. The Labute approximate surface area is 117 Å². The minimum absolute atomic E-state index is 0.192. The summed E-state index contributed by atoms with van der Waals surface area (Å²) in [6.45, 7) is 5.03. The van der Waals surface area contributed by atoms with E-state index in [2.05, 4.69) is 13.8 Å². The van der Waals surface area contributed by atoms with Gasteiger partial charge in [-0.15, -0.1) is 0 Å². The third-order valence-corrected chi connectivity index (χ3v) is 4.72. The van der Waals surface area contributed by atoms with Gasteiger partial charge in [-0.1, -0.05) is 37.9 Å². The van der Waals surface area contributed by atoms with E-state index in [1.165, 1.54) is 0 Å². The molecule has 1 aromatic carbocycles. The summed E-state index contributed by atoms with van der Waals surface area (Å²) in [5.74, 6) is 0.695. The van der Waals surface area contributed by atoms with Gasteiger partial charge in [-0.05, 0) is 43.0 Å². The van der Waals surface area contributed by atoms with Gasteiger partial charge in [0.15, 0.2) is 0 Å². The number of nitrogens with two attached hydrogens (primary N) is 1. The molecule has 18 heavy (non-hydrogen) atoms. The first-order chi connectivity index (χ1) is 8.44. The van der Waals surface area contributed by atoms with Gasteiger partial charge in [-0.3, -0.25) is 4.21 Å². The normalized spacial score (nSPS) is 13.6. The molecule has 0 aliphatic carbocycles. The Balaban J connectivity index is 2.34. The molecule has 1 unspecified atom stereocenters. The summed E-state index contributed by atoms with van der Waals surface area (Å²) < 4.78 is 12.0. The zero-order valence-corrected chi connectivity index (χ0v) is 12.7. The van der Waals surface area contributed by atoms with Crippen LogP contribution < -0.4 is 5.73 Å². The molecular formula is C14H22ClNOS. The SMILES string of the molecule is CC(C)(CN)CCCCS(=O)c1cccc(Cl)c1. The Bertz CT molecular complexity index is 407. The van der Waals surface area contributed by atoms with Crippen molar-refractivity contribution < 1.29 is 4.21 Å². The molecule has 0 saturated carbocycles. The summed E-state index contributed by atoms with van der Waals surface area (Å²) in [5, 5.41) is 0.644. The Morgan fingerprint density at radius 3 is 2.67 bits per heavy atom. The third kappa shape index (κ3) is 5.51. The van der Waals surface area contributed by atoms with Crippen LogP contribution >= 0.6 is 11.6 Å². The van der Waals surface area contributed by atoms with Crippen LogP contribution in [0.2, 0.25) is 5.02 Å². The van der Waals surface area contributed by atoms with E-state index in [1.54, 1.807) is 12.1 Å². The number of hydrogen-bond acceptors (Lipinski definition) is 2. The van der Waals surface area contributed by atoms with E-state index in [9.17, 15) is 4.21 Å². The highest BCUT2D eigenvalue weighted by Crippen LogP contribution is 2.22. The van der Waals surface area contributed by atoms with Crippen LogP contribution in [0.1, 0.15) is 33.1 Å². The first-order valence-corrected chi connectivity index (χ1v) is 7.98. The maximum atomic E-state index is 12.0. The highest BCUT2D eigenvalue weighted by molar-refractivity contribution is 7.85. The quantitative estimate of drug-likeness (QED) is 0.779. The second-order valence-corrected chi connectivity index (χ2v) is 7.34. The lowest BCUT2D eigenvalue weighted by Crippen LogP contribution is -2.23. The van der Waals surface area contributed by atoms with E-state index in [4.69, 9.17) is 17.3 Å². The van der Waals surface area contributed by atoms with Crippen LogP contribution in [0.4, 0.5) is 0 Å². The van der Waals surface area contributed by atoms with E-state index in [-0.39, 0.29) is 5.41 Å². The first kappa shape index (κ1) is 15.7. The fourth-order valence-corrected chi connectivity index (χ4v) is 3.11. The predicted octanol–water partition coefficient (Wildman–Crippen LogP) is 3.60. The first-order valence-electron chi connectivity index (χ1n) is 6.29. The van der Waals surface area contributed by atoms with Crippen molar-refractivity contribution in [1.82, 2.24) is 0 Å². The van der Waals surface area contributed by atoms with Crippen molar-refractivity contribution in [2.24, 2.45) is 11.1 Å². The summed E-state index contributed by atoms with van der Waals surface area (Å²) in [5.41, 5.74) is 5.87. The van der Waals surface area contributed by atoms with Gasteiger partial charge in [0, 0.05) is 15.7 Å². The van der Waals surface area contributed by atoms with Crippen LogP contribution in [0.5, 0.6) is 0 Å². The van der Waals surface area contributed by atoms with Crippen molar-refractivity contribution >= 4 is 22.4 Å². The molecule has 0 heterocycles. The number of hydrogen-bond donors (Lipinski definition) is 1. The average molecular weight is 288 g/mol. The van der Waals surface area contributed by atoms with Crippen LogP contribution in [0.15, 0.2) is 29.2 Å². The minimum Gasteiger partial charge on any atom is -0.330 e. The Kier molecular flexibility index (Phi) is 6.33. The molecule has 0 radical (unpaired) electrons. The van der Waals surface area contributed by atoms with E-state index in [0.29, 0.717) is 17.3 Å². The molecule has 0 spiro atoms. The van der Waals surface area contributed by atoms with Gasteiger partial charge >= 0.3 is 0 Å². The molecule has 1 aromatic rings. The van der Waals surface area contributed by atoms with Crippen LogP contribution in [0.3, 0.4) is 0 Å². The average Bonchev–Trinajstić information content (AvgIpc) is 2.34. The monoisotopic (exact) mass is 287 g/mol. The Morgan fingerprint density at radius 2 is 2.06 bits per heavy atom. The second-order valence-electron chi connectivity index (χ2n) is 5.33. The van der Waals surface area contributed by atoms with Gasteiger partial charge in [-0.2, -0.15) is 0 Å². The lowest BCUT2D eigenvalue weighted by atomic mass is 9.88. The molecule has 0 aliphatic heterocycles. The number of rotatable bonds is 7. The van der Waals surface area contributed by atoms with Crippen LogP contribution in [-0.4, -0.2) is 16.5 Å². The van der Waals surface area contributed by atoms with Crippen molar-refractivity contribution in [2.75, 3.05) is 12.3 Å². The zero-order valence-electron chi connectivity index (χ0n) is 11.1. The largest absolute Gasteiger partial charge is 0.330 e. The summed E-state index contributed by atoms with van der Waals surface area (Å²) in [6.07, 6.45) is 3.11. The number of benzene rings is 1. The number of unbranched alkanes of at least 4 members (excludes halogenated alkanes) is 1. The molecule has 0 bridgehead atoms. The fourth-order valence-electron chi connectivity index (χ4n) is 1.67. The standard InChI is InChI=1S/C14H22ClNOS/c1-14(2,11-16)8-3-4-9-18(17)13-7-5-6-12(15)10-13/h5-7,10H,3-4,8-9,11,16H2,1-2H3. The van der Waals surface area contributed by atoms with Crippen LogP contribution in [0, 0.1) is 5.41 Å². The lowest BCUT2D eigenvalue weighted by molar-refractivity contribution is 0.336. The third-order valence-electron chi connectivity index (χ3n) is 3.04. The molecule has 4 heteroatoms. The predicted molar refractivity (Wildman–Crippen MR) is 79.4 cm³/mol. The smallest absolute Gasteiger partial charge is 0.0530 e. The molecule has 0 amide bonds. The van der Waals surface area contributed by atoms with Crippen molar-refractivity contribution in [3.05, 3.63) is 29.3 Å². The van der Waals surface area contributed by atoms with Gasteiger partial charge in [0.1, 0.15) is 0 Å². The number of halogens is 1. The Hall–Kier alpha value is -0.380.